The van der Waals surface area contributed by atoms with Crippen LogP contribution in [-0.4, -0.2) is 30.0 Å². The third kappa shape index (κ3) is 6.76. The van der Waals surface area contributed by atoms with Crippen molar-refractivity contribution < 1.29 is 31.9 Å². The van der Waals surface area contributed by atoms with Gasteiger partial charge in [0, 0.05) is 30.6 Å². The van der Waals surface area contributed by atoms with E-state index in [1.165, 1.54) is 19.2 Å². The molecule has 0 aliphatic heterocycles. The monoisotopic (exact) mass is 613 g/mol. The van der Waals surface area contributed by atoms with Gasteiger partial charge in [0.2, 0.25) is 0 Å². The highest BCUT2D eigenvalue weighted by Gasteiger charge is 2.35. The molecule has 0 amide bonds. The van der Waals surface area contributed by atoms with Gasteiger partial charge in [0.15, 0.2) is 0 Å². The number of halogens is 5. The molecular formula is C29H29Cl2F3NO4P. The molecule has 11 heteroatoms. The third-order valence-electron chi connectivity index (χ3n) is 6.66. The minimum absolute atomic E-state index is 0.120. The molecule has 5 nitrogen and oxygen atoms in total. The van der Waals surface area contributed by atoms with E-state index >= 15 is 0 Å². The van der Waals surface area contributed by atoms with Crippen molar-refractivity contribution in [2.75, 3.05) is 20.2 Å². The molecule has 214 valence electrons. The molecule has 0 aromatic heterocycles. The number of para-hydroxylation sites is 1. The number of unbranched alkanes of at least 4 members (excludes halogenated alkanes) is 1. The van der Waals surface area contributed by atoms with Crippen molar-refractivity contribution >= 4 is 52.5 Å². The fraction of sp³-hybridized carbons (Fsp3) is 0.310. The number of alkyl halides is 3. The normalized spacial score (nSPS) is 14.5. The van der Waals surface area contributed by atoms with Gasteiger partial charge in [-0.3, -0.25) is 4.52 Å². The van der Waals surface area contributed by atoms with Crippen LogP contribution in [0.5, 0.6) is 5.75 Å². The van der Waals surface area contributed by atoms with Crippen LogP contribution in [0.25, 0.3) is 21.5 Å². The van der Waals surface area contributed by atoms with Crippen LogP contribution in [0.2, 0.25) is 10.0 Å². The van der Waals surface area contributed by atoms with Crippen LogP contribution in [0.3, 0.4) is 0 Å². The zero-order chi connectivity index (χ0) is 29.1. The molecule has 4 aromatic carbocycles. The summed E-state index contributed by atoms with van der Waals surface area (Å²) in [4.78, 5) is 0. The van der Waals surface area contributed by atoms with E-state index < -0.39 is 25.6 Å². The first kappa shape index (κ1) is 30.6. The lowest BCUT2D eigenvalue weighted by Gasteiger charge is -2.30. The van der Waals surface area contributed by atoms with Gasteiger partial charge in [-0.1, -0.05) is 60.8 Å². The molecule has 0 radical (unpaired) electrons. The summed E-state index contributed by atoms with van der Waals surface area (Å²) in [5.74, 6) is 0.386. The Morgan fingerprint density at radius 3 is 2.38 bits per heavy atom. The standard InChI is InChI=1S/C29H29Cl2F3NO4P/c1-3-4-13-35(40(37,38-2)39-22-8-6-5-7-9-22)14-12-27(36)25-15-19-10-11-20(29(32,33)34)16-23(19)24-17-21(30)18-26(31)28(24)25/h5-11,15-18,27,36H,3-4,12-14H2,1-2H3. The number of hydrogen-bond donors (Lipinski definition) is 1. The number of fused-ring (bicyclic) bond motifs is 3. The van der Waals surface area contributed by atoms with E-state index in [0.717, 1.165) is 18.6 Å². The fourth-order valence-electron chi connectivity index (χ4n) is 4.62. The van der Waals surface area contributed by atoms with Crippen molar-refractivity contribution in [3.8, 4) is 5.75 Å². The maximum Gasteiger partial charge on any atom is 0.461 e. The minimum Gasteiger partial charge on any atom is -0.413 e. The van der Waals surface area contributed by atoms with Crippen LogP contribution < -0.4 is 4.52 Å². The van der Waals surface area contributed by atoms with Crippen molar-refractivity contribution in [2.24, 2.45) is 0 Å². The molecule has 2 atom stereocenters. The Hall–Kier alpha value is -2.32. The topological polar surface area (TPSA) is 59.0 Å². The first-order valence-corrected chi connectivity index (χ1v) is 15.0. The van der Waals surface area contributed by atoms with E-state index in [2.05, 4.69) is 0 Å². The average Bonchev–Trinajstić information content (AvgIpc) is 2.92. The van der Waals surface area contributed by atoms with Gasteiger partial charge < -0.3 is 9.63 Å². The lowest BCUT2D eigenvalue weighted by molar-refractivity contribution is -0.137. The fourth-order valence-corrected chi connectivity index (χ4v) is 6.78. The Balaban J connectivity index is 1.71. The van der Waals surface area contributed by atoms with E-state index in [9.17, 15) is 22.8 Å². The summed E-state index contributed by atoms with van der Waals surface area (Å²) in [6.07, 6.45) is -3.96. The Kier molecular flexibility index (Phi) is 9.71. The molecule has 0 bridgehead atoms. The van der Waals surface area contributed by atoms with Gasteiger partial charge in [0.05, 0.1) is 16.7 Å². The van der Waals surface area contributed by atoms with Gasteiger partial charge in [-0.05, 0) is 77.0 Å². The second kappa shape index (κ2) is 12.7. The molecule has 0 aliphatic rings. The summed E-state index contributed by atoms with van der Waals surface area (Å²) in [5.41, 5.74) is -0.374. The van der Waals surface area contributed by atoms with E-state index in [1.807, 2.05) is 13.0 Å². The van der Waals surface area contributed by atoms with Crippen molar-refractivity contribution in [1.29, 1.82) is 0 Å². The molecule has 40 heavy (non-hydrogen) atoms. The summed E-state index contributed by atoms with van der Waals surface area (Å²) in [6.45, 7) is 2.55. The molecule has 0 saturated heterocycles. The number of aliphatic hydroxyl groups is 1. The van der Waals surface area contributed by atoms with Crippen molar-refractivity contribution in [1.82, 2.24) is 4.67 Å². The van der Waals surface area contributed by atoms with Crippen molar-refractivity contribution in [3.63, 3.8) is 0 Å². The molecule has 4 aromatic rings. The SMILES string of the molecule is CCCCN(CCC(O)c1cc2ccc(C(F)(F)F)cc2c2cc(Cl)cc(Cl)c12)P(=O)(OC)Oc1ccccc1. The van der Waals surface area contributed by atoms with Gasteiger partial charge in [-0.25, -0.2) is 4.57 Å². The molecular weight excluding hydrogens is 585 g/mol. The van der Waals surface area contributed by atoms with Gasteiger partial charge in [0.1, 0.15) is 5.75 Å². The van der Waals surface area contributed by atoms with Gasteiger partial charge in [-0.15, -0.1) is 0 Å². The Morgan fingerprint density at radius 2 is 1.73 bits per heavy atom. The highest BCUT2D eigenvalue weighted by Crippen LogP contribution is 2.52. The second-order valence-electron chi connectivity index (χ2n) is 9.38. The largest absolute Gasteiger partial charge is 0.461 e. The van der Waals surface area contributed by atoms with Crippen LogP contribution in [0.15, 0.2) is 66.7 Å². The summed E-state index contributed by atoms with van der Waals surface area (Å²) in [7, 11) is -2.45. The van der Waals surface area contributed by atoms with E-state index in [1.54, 1.807) is 41.1 Å². The van der Waals surface area contributed by atoms with Crippen LogP contribution in [-0.2, 0) is 15.3 Å². The van der Waals surface area contributed by atoms with Gasteiger partial charge in [0.25, 0.3) is 0 Å². The lowest BCUT2D eigenvalue weighted by Crippen LogP contribution is -2.27. The summed E-state index contributed by atoms with van der Waals surface area (Å²) in [6, 6.07) is 16.8. The molecule has 4 rings (SSSR count). The predicted octanol–water partition coefficient (Wildman–Crippen LogP) is 9.68. The summed E-state index contributed by atoms with van der Waals surface area (Å²) < 4.78 is 67.0. The number of rotatable bonds is 11. The van der Waals surface area contributed by atoms with E-state index in [4.69, 9.17) is 32.2 Å². The van der Waals surface area contributed by atoms with Crippen LogP contribution in [0.1, 0.15) is 43.4 Å². The van der Waals surface area contributed by atoms with Crippen molar-refractivity contribution in [3.05, 3.63) is 87.9 Å². The molecule has 0 saturated carbocycles. The number of aliphatic hydroxyl groups excluding tert-OH is 1. The number of benzene rings is 4. The van der Waals surface area contributed by atoms with E-state index in [0.29, 0.717) is 45.8 Å². The van der Waals surface area contributed by atoms with Crippen molar-refractivity contribution in [2.45, 2.75) is 38.5 Å². The highest BCUT2D eigenvalue weighted by molar-refractivity contribution is 7.51. The molecule has 0 spiro atoms. The molecule has 2 unspecified atom stereocenters. The minimum atomic E-state index is -4.53. The highest BCUT2D eigenvalue weighted by atomic mass is 35.5. The van der Waals surface area contributed by atoms with Gasteiger partial charge >= 0.3 is 13.9 Å². The average molecular weight is 614 g/mol. The maximum absolute atomic E-state index is 13.8. The Bertz CT molecular complexity index is 1540. The molecule has 0 aliphatic carbocycles. The number of nitrogens with zero attached hydrogens (tertiary/aromatic N) is 1. The quantitative estimate of drug-likeness (QED) is 0.135. The zero-order valence-corrected chi connectivity index (χ0v) is 24.3. The van der Waals surface area contributed by atoms with E-state index in [-0.39, 0.29) is 23.0 Å². The summed E-state index contributed by atoms with van der Waals surface area (Å²) in [5, 5.41) is 13.5. The molecule has 0 heterocycles. The van der Waals surface area contributed by atoms with Crippen LogP contribution >= 0.6 is 30.9 Å². The Labute approximate surface area is 241 Å². The smallest absolute Gasteiger partial charge is 0.413 e. The maximum atomic E-state index is 13.8. The summed E-state index contributed by atoms with van der Waals surface area (Å²) >= 11 is 12.8. The lowest BCUT2D eigenvalue weighted by atomic mass is 9.92. The first-order valence-electron chi connectivity index (χ1n) is 12.7. The number of hydrogen-bond acceptors (Lipinski definition) is 4. The van der Waals surface area contributed by atoms with Crippen LogP contribution in [0.4, 0.5) is 13.2 Å². The Morgan fingerprint density at radius 1 is 1.00 bits per heavy atom. The zero-order valence-electron chi connectivity index (χ0n) is 21.9. The van der Waals surface area contributed by atoms with Crippen LogP contribution in [0, 0.1) is 0 Å². The molecule has 0 fully saturated rings. The predicted molar refractivity (Wildman–Crippen MR) is 154 cm³/mol. The van der Waals surface area contributed by atoms with Gasteiger partial charge in [-0.2, -0.15) is 17.8 Å². The second-order valence-corrected chi connectivity index (χ2v) is 12.3. The molecule has 1 N–H and O–H groups in total. The third-order valence-corrected chi connectivity index (χ3v) is 9.17. The first-order chi connectivity index (χ1) is 19.0.